The van der Waals surface area contributed by atoms with Crippen molar-refractivity contribution in [3.8, 4) is 11.5 Å². The molecule has 1 fully saturated rings. The highest BCUT2D eigenvalue weighted by Gasteiger charge is 2.10. The Hall–Kier alpha value is -1.21. The Balaban J connectivity index is 0.00000300. The molecule has 2 aromatic carbocycles. The smallest absolute Gasteiger partial charge is 0.161 e. The number of benzene rings is 2. The van der Waals surface area contributed by atoms with Crippen LogP contribution in [0.3, 0.4) is 0 Å². The van der Waals surface area contributed by atoms with Gasteiger partial charge in [-0.3, -0.25) is 4.90 Å². The third kappa shape index (κ3) is 7.52. The molecule has 1 N–H and O–H groups in total. The van der Waals surface area contributed by atoms with Crippen molar-refractivity contribution in [1.82, 2.24) is 10.2 Å². The van der Waals surface area contributed by atoms with E-state index < -0.39 is 0 Å². The number of halogens is 3. The van der Waals surface area contributed by atoms with Crippen LogP contribution in [0.5, 0.6) is 11.5 Å². The minimum absolute atomic E-state index is 0. The largest absolute Gasteiger partial charge is 0.493 e. The van der Waals surface area contributed by atoms with E-state index in [0.29, 0.717) is 28.2 Å². The summed E-state index contributed by atoms with van der Waals surface area (Å²) < 4.78 is 16.8. The molecule has 5 nitrogen and oxygen atoms in total. The second kappa shape index (κ2) is 12.5. The molecular weight excluding hydrogens is 435 g/mol. The second-order valence-corrected chi connectivity index (χ2v) is 7.48. The molecule has 0 radical (unpaired) electrons. The fourth-order valence-corrected chi connectivity index (χ4v) is 3.49. The molecule has 1 saturated heterocycles. The first-order valence-corrected chi connectivity index (χ1v) is 10.2. The summed E-state index contributed by atoms with van der Waals surface area (Å²) in [7, 11) is 1.65. The molecule has 0 bridgehead atoms. The van der Waals surface area contributed by atoms with Crippen molar-refractivity contribution < 1.29 is 14.2 Å². The number of nitrogens with one attached hydrogen (secondary N) is 1. The zero-order valence-corrected chi connectivity index (χ0v) is 18.8. The van der Waals surface area contributed by atoms with E-state index in [-0.39, 0.29) is 12.4 Å². The Bertz CT molecular complexity index is 771. The lowest BCUT2D eigenvalue weighted by atomic mass is 10.2. The average Bonchev–Trinajstić information content (AvgIpc) is 2.72. The maximum atomic E-state index is 6.21. The van der Waals surface area contributed by atoms with Gasteiger partial charge in [-0.05, 0) is 29.8 Å². The molecule has 0 atom stereocenters. The lowest BCUT2D eigenvalue weighted by Gasteiger charge is -2.26. The van der Waals surface area contributed by atoms with Crippen molar-refractivity contribution in [2.45, 2.75) is 13.2 Å². The van der Waals surface area contributed by atoms with Gasteiger partial charge in [-0.15, -0.1) is 12.4 Å². The van der Waals surface area contributed by atoms with Crippen LogP contribution in [0.2, 0.25) is 10.0 Å². The van der Waals surface area contributed by atoms with E-state index in [9.17, 15) is 0 Å². The van der Waals surface area contributed by atoms with Gasteiger partial charge in [-0.25, -0.2) is 0 Å². The maximum Gasteiger partial charge on any atom is 0.161 e. The number of nitrogens with zero attached hydrogens (tertiary/aromatic N) is 1. The highest BCUT2D eigenvalue weighted by Crippen LogP contribution is 2.30. The van der Waals surface area contributed by atoms with Gasteiger partial charge in [0, 0.05) is 48.3 Å². The first-order valence-electron chi connectivity index (χ1n) is 9.40. The summed E-state index contributed by atoms with van der Waals surface area (Å²) in [6.45, 7) is 6.80. The molecule has 1 aliphatic rings. The van der Waals surface area contributed by atoms with Gasteiger partial charge in [0.1, 0.15) is 6.61 Å². The van der Waals surface area contributed by atoms with Gasteiger partial charge in [-0.2, -0.15) is 0 Å². The van der Waals surface area contributed by atoms with Crippen LogP contribution in [0.15, 0.2) is 36.4 Å². The van der Waals surface area contributed by atoms with E-state index in [2.05, 4.69) is 10.2 Å². The standard InChI is InChI=1S/C21H26Cl2N2O3.ClH/c1-26-21-12-16(14-24-6-7-25-8-10-27-11-9-25)2-5-20(21)28-15-17-3-4-18(22)13-19(17)23;/h2-5,12-13,24H,6-11,14-15H2,1H3;1H. The Morgan fingerprint density at radius 1 is 1.07 bits per heavy atom. The van der Waals surface area contributed by atoms with Gasteiger partial charge in [-0.1, -0.05) is 35.3 Å². The van der Waals surface area contributed by atoms with Crippen molar-refractivity contribution in [1.29, 1.82) is 0 Å². The van der Waals surface area contributed by atoms with Crippen LogP contribution in [-0.2, 0) is 17.9 Å². The first-order chi connectivity index (χ1) is 13.7. The third-order valence-corrected chi connectivity index (χ3v) is 5.25. The molecule has 1 aliphatic heterocycles. The van der Waals surface area contributed by atoms with Gasteiger partial charge in [0.25, 0.3) is 0 Å². The average molecular weight is 462 g/mol. The zero-order valence-electron chi connectivity index (χ0n) is 16.5. The van der Waals surface area contributed by atoms with E-state index in [4.69, 9.17) is 37.4 Å². The summed E-state index contributed by atoms with van der Waals surface area (Å²) in [5, 5.41) is 4.68. The molecule has 2 aromatic rings. The van der Waals surface area contributed by atoms with E-state index in [0.717, 1.165) is 57.1 Å². The van der Waals surface area contributed by atoms with Crippen molar-refractivity contribution >= 4 is 35.6 Å². The highest BCUT2D eigenvalue weighted by molar-refractivity contribution is 6.35. The monoisotopic (exact) mass is 460 g/mol. The van der Waals surface area contributed by atoms with Crippen LogP contribution in [0, 0.1) is 0 Å². The normalized spacial score (nSPS) is 14.3. The molecule has 3 rings (SSSR count). The SMILES string of the molecule is COc1cc(CNCCN2CCOCC2)ccc1OCc1ccc(Cl)cc1Cl.Cl. The number of hydrogen-bond acceptors (Lipinski definition) is 5. The van der Waals surface area contributed by atoms with E-state index in [1.165, 1.54) is 0 Å². The lowest BCUT2D eigenvalue weighted by molar-refractivity contribution is 0.0384. The molecule has 0 spiro atoms. The fraction of sp³-hybridized carbons (Fsp3) is 0.429. The van der Waals surface area contributed by atoms with Crippen molar-refractivity contribution in [3.63, 3.8) is 0 Å². The first kappa shape index (κ1) is 24.1. The van der Waals surface area contributed by atoms with Gasteiger partial charge in [0.2, 0.25) is 0 Å². The summed E-state index contributed by atoms with van der Waals surface area (Å²) in [5.41, 5.74) is 2.03. The van der Waals surface area contributed by atoms with Crippen LogP contribution in [0.25, 0.3) is 0 Å². The lowest BCUT2D eigenvalue weighted by Crippen LogP contribution is -2.40. The molecule has 0 aliphatic carbocycles. The molecular formula is C21H27Cl3N2O3. The molecule has 0 saturated carbocycles. The van der Waals surface area contributed by atoms with E-state index in [1.54, 1.807) is 19.2 Å². The summed E-state index contributed by atoms with van der Waals surface area (Å²) in [4.78, 5) is 2.41. The van der Waals surface area contributed by atoms with Gasteiger partial charge in [0.15, 0.2) is 11.5 Å². The highest BCUT2D eigenvalue weighted by atomic mass is 35.5. The Labute approximate surface area is 188 Å². The molecule has 0 aromatic heterocycles. The molecule has 0 unspecified atom stereocenters. The number of ether oxygens (including phenoxy) is 3. The number of methoxy groups -OCH3 is 1. The minimum atomic E-state index is 0. The Morgan fingerprint density at radius 3 is 2.59 bits per heavy atom. The molecule has 29 heavy (non-hydrogen) atoms. The maximum absolute atomic E-state index is 6.21. The zero-order chi connectivity index (χ0) is 19.8. The predicted molar refractivity (Wildman–Crippen MR) is 120 cm³/mol. The molecule has 0 amide bonds. The van der Waals surface area contributed by atoms with Crippen LogP contribution in [0.1, 0.15) is 11.1 Å². The van der Waals surface area contributed by atoms with Crippen LogP contribution in [-0.4, -0.2) is 51.4 Å². The van der Waals surface area contributed by atoms with Crippen LogP contribution in [0.4, 0.5) is 0 Å². The van der Waals surface area contributed by atoms with Crippen molar-refractivity contribution in [2.75, 3.05) is 46.5 Å². The van der Waals surface area contributed by atoms with E-state index >= 15 is 0 Å². The molecule has 160 valence electrons. The number of morpholine rings is 1. The summed E-state index contributed by atoms with van der Waals surface area (Å²) in [6.07, 6.45) is 0. The number of hydrogen-bond donors (Lipinski definition) is 1. The molecule has 1 heterocycles. The fourth-order valence-electron chi connectivity index (χ4n) is 3.03. The summed E-state index contributed by atoms with van der Waals surface area (Å²) in [5.74, 6) is 1.39. The van der Waals surface area contributed by atoms with Gasteiger partial charge in [0.05, 0.1) is 20.3 Å². The number of rotatable bonds is 9. The topological polar surface area (TPSA) is 43.0 Å². The third-order valence-electron chi connectivity index (χ3n) is 4.66. The van der Waals surface area contributed by atoms with Gasteiger partial charge >= 0.3 is 0 Å². The minimum Gasteiger partial charge on any atom is -0.493 e. The van der Waals surface area contributed by atoms with Crippen LogP contribution < -0.4 is 14.8 Å². The second-order valence-electron chi connectivity index (χ2n) is 6.64. The summed E-state index contributed by atoms with van der Waals surface area (Å²) >= 11 is 12.1. The van der Waals surface area contributed by atoms with Crippen LogP contribution >= 0.6 is 35.6 Å². The van der Waals surface area contributed by atoms with E-state index in [1.807, 2.05) is 24.3 Å². The van der Waals surface area contributed by atoms with Crippen molar-refractivity contribution in [2.24, 2.45) is 0 Å². The summed E-state index contributed by atoms with van der Waals surface area (Å²) in [6, 6.07) is 11.4. The predicted octanol–water partition coefficient (Wildman–Crippen LogP) is 4.42. The molecule has 8 heteroatoms. The Morgan fingerprint density at radius 2 is 1.86 bits per heavy atom. The Kier molecular flexibility index (Phi) is 10.4. The van der Waals surface area contributed by atoms with Gasteiger partial charge < -0.3 is 19.5 Å². The quantitative estimate of drug-likeness (QED) is 0.560. The van der Waals surface area contributed by atoms with Crippen molar-refractivity contribution in [3.05, 3.63) is 57.6 Å².